The molecule has 3 aromatic rings. The zero-order chi connectivity index (χ0) is 22.2. The number of nitrogens with zero attached hydrogens (tertiary/aromatic N) is 2. The summed E-state index contributed by atoms with van der Waals surface area (Å²) in [5.41, 5.74) is 0.960. The Morgan fingerprint density at radius 3 is 2.58 bits per heavy atom. The fourth-order valence-corrected chi connectivity index (χ4v) is 2.80. The second kappa shape index (κ2) is 10.1. The van der Waals surface area contributed by atoms with Crippen molar-refractivity contribution in [2.24, 2.45) is 0 Å². The smallest absolute Gasteiger partial charge is 0.338 e. The van der Waals surface area contributed by atoms with Crippen LogP contribution in [0.1, 0.15) is 21.7 Å². The van der Waals surface area contributed by atoms with Gasteiger partial charge in [-0.05, 0) is 29.8 Å². The lowest BCUT2D eigenvalue weighted by molar-refractivity contribution is -0.384. The van der Waals surface area contributed by atoms with Crippen LogP contribution in [0.3, 0.4) is 0 Å². The lowest BCUT2D eigenvalue weighted by Gasteiger charge is -2.15. The van der Waals surface area contributed by atoms with Crippen LogP contribution in [-0.4, -0.2) is 35.4 Å². The van der Waals surface area contributed by atoms with E-state index < -0.39 is 23.4 Å². The van der Waals surface area contributed by atoms with E-state index in [2.05, 4.69) is 5.32 Å². The molecule has 1 amide bonds. The monoisotopic (exact) mass is 423 g/mol. The first-order valence-electron chi connectivity index (χ1n) is 9.43. The van der Waals surface area contributed by atoms with E-state index in [4.69, 9.17) is 9.15 Å². The Kier molecular flexibility index (Phi) is 7.00. The molecule has 0 aliphatic carbocycles. The molecule has 9 nitrogen and oxygen atoms in total. The molecule has 0 aliphatic heterocycles. The first kappa shape index (κ1) is 21.6. The molecule has 3 rings (SSSR count). The molecule has 0 radical (unpaired) electrons. The summed E-state index contributed by atoms with van der Waals surface area (Å²) in [6.07, 6.45) is 1.50. The van der Waals surface area contributed by atoms with Gasteiger partial charge in [0.2, 0.25) is 0 Å². The molecule has 9 heteroatoms. The zero-order valence-electron chi connectivity index (χ0n) is 16.8. The zero-order valence-corrected chi connectivity index (χ0v) is 16.8. The maximum Gasteiger partial charge on any atom is 0.338 e. The van der Waals surface area contributed by atoms with Gasteiger partial charge in [-0.25, -0.2) is 4.79 Å². The van der Waals surface area contributed by atoms with E-state index in [0.29, 0.717) is 12.3 Å². The molecule has 0 aliphatic rings. The van der Waals surface area contributed by atoms with Crippen LogP contribution in [0.5, 0.6) is 0 Å². The summed E-state index contributed by atoms with van der Waals surface area (Å²) < 4.78 is 10.2. The predicted octanol–water partition coefficient (Wildman–Crippen LogP) is 3.62. The number of ether oxygens (including phenoxy) is 1. The highest BCUT2D eigenvalue weighted by Crippen LogP contribution is 2.26. The number of benzene rings is 2. The van der Waals surface area contributed by atoms with Gasteiger partial charge in [0.1, 0.15) is 11.4 Å². The fraction of sp³-hybridized carbons (Fsp3) is 0.182. The van der Waals surface area contributed by atoms with E-state index in [0.717, 1.165) is 11.6 Å². The highest BCUT2D eigenvalue weighted by molar-refractivity contribution is 5.93. The van der Waals surface area contributed by atoms with E-state index in [1.165, 1.54) is 23.3 Å². The molecule has 0 atom stereocenters. The standard InChI is InChI=1S/C22H21N3O6/c1-24(14-18-8-5-11-30-18)21(26)15-31-22(27)17-9-10-19(20(12-17)25(28)29)23-13-16-6-3-2-4-7-16/h2-12,23H,13-15H2,1H3. The number of hydrogen-bond donors (Lipinski definition) is 1. The van der Waals surface area contributed by atoms with Crippen molar-refractivity contribution in [2.45, 2.75) is 13.1 Å². The van der Waals surface area contributed by atoms with Gasteiger partial charge in [0.15, 0.2) is 6.61 Å². The second-order valence-corrected chi connectivity index (χ2v) is 6.73. The Morgan fingerprint density at radius 2 is 1.90 bits per heavy atom. The van der Waals surface area contributed by atoms with Gasteiger partial charge in [-0.3, -0.25) is 14.9 Å². The molecule has 31 heavy (non-hydrogen) atoms. The third-order valence-electron chi connectivity index (χ3n) is 4.48. The van der Waals surface area contributed by atoms with Crippen molar-refractivity contribution in [3.63, 3.8) is 0 Å². The van der Waals surface area contributed by atoms with E-state index in [1.54, 1.807) is 19.2 Å². The minimum atomic E-state index is -0.822. The highest BCUT2D eigenvalue weighted by atomic mass is 16.6. The number of carbonyl (C=O) groups excluding carboxylic acids is 2. The van der Waals surface area contributed by atoms with Gasteiger partial charge in [0, 0.05) is 19.7 Å². The summed E-state index contributed by atoms with van der Waals surface area (Å²) >= 11 is 0. The largest absolute Gasteiger partial charge is 0.467 e. The third-order valence-corrected chi connectivity index (χ3v) is 4.48. The average molecular weight is 423 g/mol. The molecule has 0 unspecified atom stereocenters. The molecular weight excluding hydrogens is 402 g/mol. The van der Waals surface area contributed by atoms with Crippen LogP contribution in [0.25, 0.3) is 0 Å². The van der Waals surface area contributed by atoms with E-state index in [1.807, 2.05) is 30.3 Å². The number of nitrogens with one attached hydrogen (secondary N) is 1. The highest BCUT2D eigenvalue weighted by Gasteiger charge is 2.20. The number of rotatable bonds is 9. The van der Waals surface area contributed by atoms with Crippen molar-refractivity contribution in [2.75, 3.05) is 19.0 Å². The average Bonchev–Trinajstić information content (AvgIpc) is 3.29. The molecule has 160 valence electrons. The number of nitro groups is 1. The molecule has 0 bridgehead atoms. The van der Waals surface area contributed by atoms with Gasteiger partial charge in [0.25, 0.3) is 11.6 Å². The second-order valence-electron chi connectivity index (χ2n) is 6.73. The van der Waals surface area contributed by atoms with Crippen LogP contribution in [0.4, 0.5) is 11.4 Å². The summed E-state index contributed by atoms with van der Waals surface area (Å²) in [6, 6.07) is 16.8. The van der Waals surface area contributed by atoms with Crippen molar-refractivity contribution in [1.29, 1.82) is 0 Å². The molecule has 0 spiro atoms. The molecule has 0 saturated heterocycles. The van der Waals surface area contributed by atoms with Crippen molar-refractivity contribution in [3.05, 3.63) is 93.9 Å². The molecule has 0 saturated carbocycles. The minimum absolute atomic E-state index is 0.0153. The Bertz CT molecular complexity index is 1050. The normalized spacial score (nSPS) is 10.4. The van der Waals surface area contributed by atoms with Crippen molar-refractivity contribution in [1.82, 2.24) is 4.90 Å². The van der Waals surface area contributed by atoms with Crippen LogP contribution in [0.15, 0.2) is 71.3 Å². The molecule has 1 N–H and O–H groups in total. The van der Waals surface area contributed by atoms with Gasteiger partial charge in [-0.15, -0.1) is 0 Å². The first-order valence-corrected chi connectivity index (χ1v) is 9.43. The maximum atomic E-state index is 12.3. The summed E-state index contributed by atoms with van der Waals surface area (Å²) in [5.74, 6) is -0.658. The predicted molar refractivity (Wildman–Crippen MR) is 112 cm³/mol. The lowest BCUT2D eigenvalue weighted by atomic mass is 10.1. The number of esters is 1. The maximum absolute atomic E-state index is 12.3. The molecular formula is C22H21N3O6. The summed E-state index contributed by atoms with van der Waals surface area (Å²) in [4.78, 5) is 36.7. The Morgan fingerprint density at radius 1 is 1.13 bits per heavy atom. The van der Waals surface area contributed by atoms with Crippen LogP contribution in [0, 0.1) is 10.1 Å². The van der Waals surface area contributed by atoms with Crippen LogP contribution >= 0.6 is 0 Å². The van der Waals surface area contributed by atoms with Gasteiger partial charge in [-0.2, -0.15) is 0 Å². The van der Waals surface area contributed by atoms with Crippen molar-refractivity contribution in [3.8, 4) is 0 Å². The number of carbonyl (C=O) groups is 2. The van der Waals surface area contributed by atoms with Gasteiger partial charge < -0.3 is 19.4 Å². The molecule has 1 heterocycles. The Labute approximate surface area is 178 Å². The van der Waals surface area contributed by atoms with Crippen LogP contribution < -0.4 is 5.32 Å². The molecule has 2 aromatic carbocycles. The van der Waals surface area contributed by atoms with Crippen molar-refractivity contribution >= 4 is 23.3 Å². The number of nitro benzene ring substituents is 1. The van der Waals surface area contributed by atoms with E-state index >= 15 is 0 Å². The number of likely N-dealkylation sites (N-methyl/N-ethyl adjacent to an activating group) is 1. The topological polar surface area (TPSA) is 115 Å². The number of anilines is 1. The quantitative estimate of drug-likeness (QED) is 0.317. The summed E-state index contributed by atoms with van der Waals surface area (Å²) in [6.45, 7) is 0.135. The molecule has 1 aromatic heterocycles. The summed E-state index contributed by atoms with van der Waals surface area (Å²) in [7, 11) is 1.55. The SMILES string of the molecule is CN(Cc1ccco1)C(=O)COC(=O)c1ccc(NCc2ccccc2)c([N+](=O)[O-])c1. The number of amides is 1. The summed E-state index contributed by atoms with van der Waals surface area (Å²) in [5, 5.41) is 14.5. The van der Waals surface area contributed by atoms with E-state index in [9.17, 15) is 19.7 Å². The van der Waals surface area contributed by atoms with Gasteiger partial charge in [-0.1, -0.05) is 30.3 Å². The third kappa shape index (κ3) is 5.92. The van der Waals surface area contributed by atoms with Crippen LogP contribution in [0.2, 0.25) is 0 Å². The number of furan rings is 1. The number of hydrogen-bond acceptors (Lipinski definition) is 7. The lowest BCUT2D eigenvalue weighted by Crippen LogP contribution is -2.30. The Hall–Kier alpha value is -4.14. The minimum Gasteiger partial charge on any atom is -0.467 e. The van der Waals surface area contributed by atoms with Crippen molar-refractivity contribution < 1.29 is 23.7 Å². The van der Waals surface area contributed by atoms with Gasteiger partial charge >= 0.3 is 5.97 Å². The van der Waals surface area contributed by atoms with Crippen LogP contribution in [-0.2, 0) is 22.6 Å². The van der Waals surface area contributed by atoms with Gasteiger partial charge in [0.05, 0.1) is 23.3 Å². The first-order chi connectivity index (χ1) is 14.9. The Balaban J connectivity index is 1.60. The van der Waals surface area contributed by atoms with E-state index in [-0.39, 0.29) is 23.5 Å². The fourth-order valence-electron chi connectivity index (χ4n) is 2.80. The molecule has 0 fully saturated rings.